The monoisotopic (exact) mass is 900 g/mol. The number of nitrogens with zero attached hydrogens (tertiary/aromatic N) is 4. The van der Waals surface area contributed by atoms with Crippen molar-refractivity contribution in [2.24, 2.45) is 10.8 Å². The van der Waals surface area contributed by atoms with E-state index in [1.165, 1.54) is 77.0 Å². The van der Waals surface area contributed by atoms with E-state index >= 15 is 0 Å². The molecule has 0 unspecified atom stereocenters. The molecule has 8 heterocycles. The Labute approximate surface area is 387 Å². The van der Waals surface area contributed by atoms with Crippen molar-refractivity contribution >= 4 is 23.8 Å². The zero-order chi connectivity index (χ0) is 46.0. The largest absolute Gasteiger partial charge is 0.465 e. The lowest BCUT2D eigenvalue weighted by molar-refractivity contribution is -0.135. The van der Waals surface area contributed by atoms with Gasteiger partial charge in [0.15, 0.2) is 0 Å². The van der Waals surface area contributed by atoms with Crippen molar-refractivity contribution in [3.8, 4) is 0 Å². The smallest absolute Gasteiger partial charge is 0.337 e. The molecule has 4 aromatic carbocycles. The molecule has 6 saturated heterocycles. The first kappa shape index (κ1) is 45.7. The molecule has 12 heteroatoms. The second-order valence-corrected chi connectivity index (χ2v) is 19.6. The van der Waals surface area contributed by atoms with Crippen molar-refractivity contribution in [2.45, 2.75) is 89.1 Å². The molecule has 0 radical (unpaired) electrons. The minimum atomic E-state index is -0.368. The lowest BCUT2D eigenvalue weighted by Crippen LogP contribution is -2.48. The van der Waals surface area contributed by atoms with E-state index in [-0.39, 0.29) is 47.5 Å². The normalized spacial score (nSPS) is 26.1. The standard InChI is InChI=1S/2C27H31FN2O3/c2*1-33-26(32)21-4-7-23-20(18-21)9-14-30(25(23)19-2-5-22(28)6-3-19)24(31)8-10-27-11-15-29(16-12-27)17-13-27/h2*2-7,18,25H,8-17H2,1H3/t2*25-/m10/s1. The summed E-state index contributed by atoms with van der Waals surface area (Å²) in [7, 11) is 2.75. The van der Waals surface area contributed by atoms with E-state index < -0.39 is 0 Å². The number of hydrogen-bond donors (Lipinski definition) is 0. The second-order valence-electron chi connectivity index (χ2n) is 19.6. The fourth-order valence-corrected chi connectivity index (χ4v) is 11.9. The minimum absolute atomic E-state index is 0.161. The molecule has 6 fully saturated rings. The van der Waals surface area contributed by atoms with Crippen molar-refractivity contribution in [2.75, 3.05) is 66.6 Å². The molecule has 0 aromatic heterocycles. The average molecular weight is 901 g/mol. The summed E-state index contributed by atoms with van der Waals surface area (Å²) in [5.74, 6) is -1.00. The first-order valence-electron chi connectivity index (χ1n) is 23.9. The molecule has 2 atom stereocenters. The molecule has 0 saturated carbocycles. The van der Waals surface area contributed by atoms with Gasteiger partial charge in [-0.1, -0.05) is 36.4 Å². The quantitative estimate of drug-likeness (QED) is 0.146. The Hall–Kier alpha value is -5.46. The van der Waals surface area contributed by atoms with E-state index in [0.717, 1.165) is 85.5 Å². The van der Waals surface area contributed by atoms with Crippen LogP contribution in [0.4, 0.5) is 8.78 Å². The van der Waals surface area contributed by atoms with Gasteiger partial charge in [-0.05, 0) is 196 Å². The highest BCUT2D eigenvalue weighted by Crippen LogP contribution is 2.46. The highest BCUT2D eigenvalue weighted by Gasteiger charge is 2.42. The van der Waals surface area contributed by atoms with E-state index in [1.54, 1.807) is 36.4 Å². The van der Waals surface area contributed by atoms with Gasteiger partial charge in [0.05, 0.1) is 37.4 Å². The van der Waals surface area contributed by atoms with E-state index in [4.69, 9.17) is 9.47 Å². The van der Waals surface area contributed by atoms with Gasteiger partial charge in [-0.25, -0.2) is 18.4 Å². The zero-order valence-corrected chi connectivity index (χ0v) is 38.4. The van der Waals surface area contributed by atoms with Crippen LogP contribution in [-0.4, -0.2) is 110 Å². The molecule has 348 valence electrons. The molecule has 8 aliphatic heterocycles. The van der Waals surface area contributed by atoms with Crippen LogP contribution in [0.5, 0.6) is 0 Å². The van der Waals surface area contributed by atoms with Crippen molar-refractivity contribution in [1.29, 1.82) is 0 Å². The van der Waals surface area contributed by atoms with Gasteiger partial charge in [0, 0.05) is 25.9 Å². The van der Waals surface area contributed by atoms with Gasteiger partial charge in [0.25, 0.3) is 0 Å². The number of benzene rings is 4. The lowest BCUT2D eigenvalue weighted by Gasteiger charge is -2.49. The zero-order valence-electron chi connectivity index (χ0n) is 38.4. The molecular weight excluding hydrogens is 839 g/mol. The maximum Gasteiger partial charge on any atom is 0.337 e. The molecule has 0 N–H and O–H groups in total. The topological polar surface area (TPSA) is 99.7 Å². The Bertz CT molecular complexity index is 2230. The number of ether oxygens (including phenoxy) is 2. The fraction of sp³-hybridized carbons (Fsp3) is 0.481. The maximum atomic E-state index is 13.7. The van der Waals surface area contributed by atoms with Gasteiger partial charge >= 0.3 is 11.9 Å². The maximum absolute atomic E-state index is 13.7. The van der Waals surface area contributed by atoms with Crippen LogP contribution in [0.15, 0.2) is 84.9 Å². The highest BCUT2D eigenvalue weighted by molar-refractivity contribution is 5.90. The number of rotatable bonds is 10. The molecule has 4 bridgehead atoms. The molecule has 2 amide bonds. The van der Waals surface area contributed by atoms with Gasteiger partial charge in [-0.3, -0.25) is 9.59 Å². The van der Waals surface area contributed by atoms with Gasteiger partial charge in [0.1, 0.15) is 11.6 Å². The summed E-state index contributed by atoms with van der Waals surface area (Å²) in [4.78, 5) is 60.1. The molecular formula is C54H62F2N4O6. The van der Waals surface area contributed by atoms with Crippen molar-refractivity contribution in [3.63, 3.8) is 0 Å². The van der Waals surface area contributed by atoms with Crippen molar-refractivity contribution in [3.05, 3.63) is 141 Å². The predicted octanol–water partition coefficient (Wildman–Crippen LogP) is 8.71. The summed E-state index contributed by atoms with van der Waals surface area (Å²) in [6, 6.07) is 23.4. The molecule has 66 heavy (non-hydrogen) atoms. The van der Waals surface area contributed by atoms with E-state index in [2.05, 4.69) is 9.80 Å². The minimum Gasteiger partial charge on any atom is -0.465 e. The first-order chi connectivity index (χ1) is 32.0. The third-order valence-electron chi connectivity index (χ3n) is 16.1. The number of esters is 2. The number of piperidine rings is 6. The number of carbonyl (C=O) groups is 4. The van der Waals surface area contributed by atoms with Gasteiger partial charge in [-0.15, -0.1) is 0 Å². The Morgan fingerprint density at radius 1 is 0.515 bits per heavy atom. The number of hydrogen-bond acceptors (Lipinski definition) is 8. The Kier molecular flexibility index (Phi) is 13.4. The highest BCUT2D eigenvalue weighted by atomic mass is 19.1. The first-order valence-corrected chi connectivity index (χ1v) is 23.9. The number of halogens is 2. The van der Waals surface area contributed by atoms with E-state index in [1.807, 2.05) is 34.1 Å². The summed E-state index contributed by atoms with van der Waals surface area (Å²) < 4.78 is 37.1. The van der Waals surface area contributed by atoms with Crippen LogP contribution in [0.2, 0.25) is 0 Å². The summed E-state index contributed by atoms with van der Waals surface area (Å²) >= 11 is 0. The molecule has 0 aliphatic carbocycles. The molecule has 4 aromatic rings. The molecule has 8 aliphatic rings. The lowest BCUT2D eigenvalue weighted by atomic mass is 9.69. The van der Waals surface area contributed by atoms with Crippen LogP contribution >= 0.6 is 0 Å². The molecule has 0 spiro atoms. The van der Waals surface area contributed by atoms with Crippen LogP contribution in [0.25, 0.3) is 0 Å². The molecule has 12 rings (SSSR count). The van der Waals surface area contributed by atoms with Gasteiger partial charge < -0.3 is 29.1 Å². The van der Waals surface area contributed by atoms with Crippen LogP contribution in [0, 0.1) is 22.5 Å². The SMILES string of the molecule is COC(=O)c1ccc2c(c1)CCN(C(=O)CCC13CCN(CC1)CC3)[C@@H]2c1ccc(F)cc1.COC(=O)c1ccc2c(c1)CCN(C(=O)CCC13CCN(CC1)CC3)[C@H]2c1ccc(F)cc1. The summed E-state index contributed by atoms with van der Waals surface area (Å²) in [5.41, 5.74) is 7.51. The number of fused-ring (bicyclic) bond motifs is 8. The fourth-order valence-electron chi connectivity index (χ4n) is 11.9. The number of carbonyl (C=O) groups excluding carboxylic acids is 4. The Morgan fingerprint density at radius 3 is 1.20 bits per heavy atom. The average Bonchev–Trinajstić information content (AvgIpc) is 3.37. The second kappa shape index (κ2) is 19.4. The third-order valence-corrected chi connectivity index (χ3v) is 16.1. The number of amides is 2. The summed E-state index contributed by atoms with van der Waals surface area (Å²) in [6.07, 6.45) is 11.5. The van der Waals surface area contributed by atoms with Crippen molar-refractivity contribution in [1.82, 2.24) is 19.6 Å². The van der Waals surface area contributed by atoms with Crippen LogP contribution < -0.4 is 0 Å². The Balaban J connectivity index is 0.000000166. The summed E-state index contributed by atoms with van der Waals surface area (Å²) in [5, 5.41) is 0. The van der Waals surface area contributed by atoms with Gasteiger partial charge in [-0.2, -0.15) is 0 Å². The van der Waals surface area contributed by atoms with Gasteiger partial charge in [0.2, 0.25) is 11.8 Å². The van der Waals surface area contributed by atoms with E-state index in [9.17, 15) is 28.0 Å². The third kappa shape index (κ3) is 9.54. The van der Waals surface area contributed by atoms with Crippen LogP contribution in [0.3, 0.4) is 0 Å². The number of methoxy groups -OCH3 is 2. The van der Waals surface area contributed by atoms with Crippen LogP contribution in [-0.2, 0) is 31.9 Å². The van der Waals surface area contributed by atoms with Crippen LogP contribution in [0.1, 0.15) is 130 Å². The Morgan fingerprint density at radius 2 is 0.864 bits per heavy atom. The summed E-state index contributed by atoms with van der Waals surface area (Å²) in [6.45, 7) is 8.12. The van der Waals surface area contributed by atoms with E-state index in [0.29, 0.717) is 60.7 Å². The predicted molar refractivity (Wildman–Crippen MR) is 247 cm³/mol. The molecule has 10 nitrogen and oxygen atoms in total. The van der Waals surface area contributed by atoms with Crippen molar-refractivity contribution < 1.29 is 37.4 Å².